The first-order chi connectivity index (χ1) is 9.95. The van der Waals surface area contributed by atoms with Crippen molar-refractivity contribution >= 4 is 6.88 Å². The number of halogens is 2. The second-order valence-electron chi connectivity index (χ2n) is 4.36. The Kier molecular flexibility index (Phi) is 11.7. The Labute approximate surface area is 161 Å². The SMILES string of the molecule is [Cl-].[Cl-].[SiH2]=[Zr+2].[c-]1cccc2c1Cc1ccccc1-2.c1cc[cH-]c1. The van der Waals surface area contributed by atoms with Crippen molar-refractivity contribution < 1.29 is 48.1 Å². The fraction of sp³-hybridized carbons (Fsp3) is 0.0556. The summed E-state index contributed by atoms with van der Waals surface area (Å²) in [5.41, 5.74) is 5.51. The first-order valence-electron chi connectivity index (χ1n) is 6.55. The van der Waals surface area contributed by atoms with E-state index < -0.39 is 0 Å². The number of fused-ring (bicyclic) bond motifs is 3. The van der Waals surface area contributed by atoms with Crippen molar-refractivity contribution in [2.45, 2.75) is 6.42 Å². The van der Waals surface area contributed by atoms with E-state index >= 15 is 0 Å². The van der Waals surface area contributed by atoms with Gasteiger partial charge in [-0.25, -0.2) is 12.1 Å². The molecule has 0 amide bonds. The van der Waals surface area contributed by atoms with Crippen molar-refractivity contribution in [2.24, 2.45) is 0 Å². The summed E-state index contributed by atoms with van der Waals surface area (Å²) in [5, 5.41) is 0. The second kappa shape index (κ2) is 12.0. The third-order valence-electron chi connectivity index (χ3n) is 3.17. The zero-order valence-corrected chi connectivity index (χ0v) is 17.5. The van der Waals surface area contributed by atoms with Gasteiger partial charge in [0.2, 0.25) is 0 Å². The van der Waals surface area contributed by atoms with E-state index in [1.165, 1.54) is 22.3 Å². The van der Waals surface area contributed by atoms with Crippen LogP contribution < -0.4 is 24.8 Å². The standard InChI is InChI=1S/C13H9.C5H5.2ClH.H2Si.Zr/c1-3-7-12-10(5-1)9-11-6-2-4-8-13(11)12;1-2-4-5-3-1;;;;/h1-5,7-8H,9H2;1-5H;2*1H;1H2;/q2*-1;;;;+2/p-2. The maximum Gasteiger partial charge on any atom is -0.0253 e. The van der Waals surface area contributed by atoms with Crippen LogP contribution in [0.1, 0.15) is 11.1 Å². The van der Waals surface area contributed by atoms with Crippen LogP contribution in [0.15, 0.2) is 72.8 Å². The Hall–Kier alpha value is -0.530. The van der Waals surface area contributed by atoms with Gasteiger partial charge in [-0.05, 0) is 6.42 Å². The van der Waals surface area contributed by atoms with Crippen molar-refractivity contribution in [1.29, 1.82) is 0 Å². The molecule has 0 bridgehead atoms. The molecule has 0 spiro atoms. The molecule has 3 aromatic rings. The predicted molar refractivity (Wildman–Crippen MR) is 84.1 cm³/mol. The Bertz CT molecular complexity index is 593. The van der Waals surface area contributed by atoms with Gasteiger partial charge in [-0.15, -0.1) is 5.56 Å². The number of hydrogen-bond acceptors (Lipinski definition) is 0. The average molecular weight is 423 g/mol. The van der Waals surface area contributed by atoms with Gasteiger partial charge in [-0.2, -0.15) is 48.0 Å². The molecule has 0 aromatic heterocycles. The molecular formula is C18H16Cl2SiZr-2. The minimum absolute atomic E-state index is 0. The molecule has 4 heteroatoms. The van der Waals surface area contributed by atoms with Gasteiger partial charge in [0.25, 0.3) is 0 Å². The molecule has 112 valence electrons. The van der Waals surface area contributed by atoms with Gasteiger partial charge in [0, 0.05) is 0 Å². The molecule has 1 aliphatic carbocycles. The minimum Gasteiger partial charge on any atom is -0.214 e. The van der Waals surface area contributed by atoms with Crippen LogP contribution in [0.5, 0.6) is 0 Å². The van der Waals surface area contributed by atoms with E-state index in [0.29, 0.717) is 0 Å². The monoisotopic (exact) mass is 420 g/mol. The quantitative estimate of drug-likeness (QED) is 0.218. The molecule has 0 unspecified atom stereocenters. The summed E-state index contributed by atoms with van der Waals surface area (Å²) in [7, 11) is 0. The molecule has 4 rings (SSSR count). The smallest absolute Gasteiger partial charge is 0.0253 e. The summed E-state index contributed by atoms with van der Waals surface area (Å²) < 4.78 is 0. The summed E-state index contributed by atoms with van der Waals surface area (Å²) in [4.78, 5) is 0. The summed E-state index contributed by atoms with van der Waals surface area (Å²) in [5.74, 6) is 0. The molecule has 1 aliphatic rings. The van der Waals surface area contributed by atoms with Gasteiger partial charge in [0.15, 0.2) is 0 Å². The number of rotatable bonds is 0. The minimum atomic E-state index is 0. The topological polar surface area (TPSA) is 0 Å². The predicted octanol–water partition coefficient (Wildman–Crippen LogP) is -2.45. The van der Waals surface area contributed by atoms with Crippen LogP contribution in [0.4, 0.5) is 0 Å². The summed E-state index contributed by atoms with van der Waals surface area (Å²) in [6.45, 7) is 1.95. The van der Waals surface area contributed by atoms with Crippen LogP contribution in [0.25, 0.3) is 11.1 Å². The third kappa shape index (κ3) is 5.59. The first-order valence-corrected chi connectivity index (χ1v) is 12.5. The van der Waals surface area contributed by atoms with Gasteiger partial charge in [-0.1, -0.05) is 35.4 Å². The van der Waals surface area contributed by atoms with Crippen molar-refractivity contribution in [1.82, 2.24) is 0 Å². The summed E-state index contributed by atoms with van der Waals surface area (Å²) in [6.07, 6.45) is 1.05. The van der Waals surface area contributed by atoms with E-state index in [4.69, 9.17) is 0 Å². The van der Waals surface area contributed by atoms with Crippen LogP contribution >= 0.6 is 0 Å². The van der Waals surface area contributed by atoms with E-state index in [1.807, 2.05) is 43.3 Å². The van der Waals surface area contributed by atoms with E-state index in [9.17, 15) is 0 Å². The van der Waals surface area contributed by atoms with Crippen molar-refractivity contribution in [3.05, 3.63) is 90.0 Å². The normalized spacial score (nSPS) is 9.36. The molecule has 0 nitrogen and oxygen atoms in total. The molecule has 0 fully saturated rings. The van der Waals surface area contributed by atoms with Gasteiger partial charge in [0.05, 0.1) is 0 Å². The van der Waals surface area contributed by atoms with Gasteiger partial charge in [-0.3, -0.25) is 0 Å². The van der Waals surface area contributed by atoms with Crippen LogP contribution in [0.3, 0.4) is 0 Å². The van der Waals surface area contributed by atoms with Crippen LogP contribution in [0, 0.1) is 6.07 Å². The Morgan fingerprint density at radius 2 is 1.50 bits per heavy atom. The van der Waals surface area contributed by atoms with E-state index in [0.717, 1.165) is 6.42 Å². The molecule has 0 radical (unpaired) electrons. The van der Waals surface area contributed by atoms with E-state index in [1.54, 1.807) is 23.3 Å². The second-order valence-corrected chi connectivity index (χ2v) is 4.36. The maximum atomic E-state index is 3.30. The molecular weight excluding hydrogens is 406 g/mol. The Balaban J connectivity index is 0.000000422. The summed E-state index contributed by atoms with van der Waals surface area (Å²) in [6, 6.07) is 28.1. The van der Waals surface area contributed by atoms with E-state index in [-0.39, 0.29) is 24.8 Å². The van der Waals surface area contributed by atoms with Crippen LogP contribution in [-0.2, 0) is 29.8 Å². The zero-order valence-electron chi connectivity index (χ0n) is 12.1. The molecule has 0 saturated heterocycles. The Morgan fingerprint density at radius 3 is 2.14 bits per heavy atom. The fourth-order valence-corrected chi connectivity index (χ4v) is 2.32. The third-order valence-corrected chi connectivity index (χ3v) is 3.17. The molecule has 0 aliphatic heterocycles. The van der Waals surface area contributed by atoms with Crippen molar-refractivity contribution in [3.63, 3.8) is 0 Å². The zero-order chi connectivity index (χ0) is 14.2. The van der Waals surface area contributed by atoms with E-state index in [2.05, 4.69) is 42.5 Å². The van der Waals surface area contributed by atoms with Crippen molar-refractivity contribution in [2.75, 3.05) is 0 Å². The Morgan fingerprint density at radius 1 is 0.864 bits per heavy atom. The molecule has 3 aromatic carbocycles. The molecule has 0 heterocycles. The van der Waals surface area contributed by atoms with Crippen LogP contribution in [-0.4, -0.2) is 6.88 Å². The number of hydrogen-bond donors (Lipinski definition) is 0. The molecule has 0 atom stereocenters. The van der Waals surface area contributed by atoms with Gasteiger partial charge in [0.1, 0.15) is 0 Å². The largest absolute Gasteiger partial charge is 0.214 e. The molecule has 0 saturated carbocycles. The maximum absolute atomic E-state index is 3.30. The number of benzene rings is 2. The summed E-state index contributed by atoms with van der Waals surface area (Å²) >= 11 is 1.58. The first kappa shape index (κ1) is 21.5. The molecule has 0 N–H and O–H groups in total. The average Bonchev–Trinajstić information content (AvgIpc) is 3.20. The van der Waals surface area contributed by atoms with Crippen molar-refractivity contribution in [3.8, 4) is 11.1 Å². The fourth-order valence-electron chi connectivity index (χ4n) is 2.32. The van der Waals surface area contributed by atoms with Gasteiger partial charge < -0.3 is 24.8 Å². The van der Waals surface area contributed by atoms with Crippen LogP contribution in [0.2, 0.25) is 0 Å². The van der Waals surface area contributed by atoms with Gasteiger partial charge >= 0.3 is 30.2 Å². The molecule has 22 heavy (non-hydrogen) atoms.